The molecule has 0 radical (unpaired) electrons. The van der Waals surface area contributed by atoms with Gasteiger partial charge in [0.2, 0.25) is 0 Å². The minimum atomic E-state index is 1.08. The molecule has 0 amide bonds. The number of nitrogens with one attached hydrogen (secondary N) is 1. The van der Waals surface area contributed by atoms with Crippen LogP contribution < -0.4 is 9.62 Å². The monoisotopic (exact) mass is 393 g/mol. The summed E-state index contributed by atoms with van der Waals surface area (Å²) in [5, 5.41) is 0. The van der Waals surface area contributed by atoms with Gasteiger partial charge in [0, 0.05) is 13.1 Å². The van der Waals surface area contributed by atoms with Gasteiger partial charge in [-0.25, -0.2) is 0 Å². The zero-order valence-electron chi connectivity index (χ0n) is 15.2. The predicted molar refractivity (Wildman–Crippen MR) is 115 cm³/mol. The average molecular weight is 394 g/mol. The second-order valence-electron chi connectivity index (χ2n) is 6.40. The van der Waals surface area contributed by atoms with Crippen molar-refractivity contribution in [2.24, 2.45) is 0 Å². The van der Waals surface area contributed by atoms with Gasteiger partial charge >= 0.3 is 0 Å². The van der Waals surface area contributed by atoms with Crippen LogP contribution in [-0.4, -0.2) is 31.5 Å². The molecule has 1 fully saturated rings. The second kappa shape index (κ2) is 9.21. The number of anilines is 2. The number of hydrogen-bond acceptors (Lipinski definition) is 6. The van der Waals surface area contributed by atoms with Crippen molar-refractivity contribution >= 4 is 46.6 Å². The average Bonchev–Trinajstić information content (AvgIpc) is 3.07. The third kappa shape index (κ3) is 5.09. The van der Waals surface area contributed by atoms with E-state index < -0.39 is 0 Å². The summed E-state index contributed by atoms with van der Waals surface area (Å²) in [5.74, 6) is 0. The van der Waals surface area contributed by atoms with Gasteiger partial charge in [-0.2, -0.15) is 0 Å². The van der Waals surface area contributed by atoms with E-state index in [1.807, 2.05) is 11.3 Å². The highest BCUT2D eigenvalue weighted by molar-refractivity contribution is 8.03. The molecule has 2 heterocycles. The van der Waals surface area contributed by atoms with E-state index in [0.29, 0.717) is 0 Å². The Balaban J connectivity index is 1.74. The summed E-state index contributed by atoms with van der Waals surface area (Å²) < 4.78 is 8.39. The Bertz CT molecular complexity index is 678. The third-order valence-corrected chi connectivity index (χ3v) is 7.25. The highest BCUT2D eigenvalue weighted by Crippen LogP contribution is 2.38. The number of piperidine rings is 1. The summed E-state index contributed by atoms with van der Waals surface area (Å²) >= 11 is 5.34. The summed E-state index contributed by atoms with van der Waals surface area (Å²) in [6.45, 7) is 4.61. The van der Waals surface area contributed by atoms with Crippen LogP contribution in [0.1, 0.15) is 31.7 Å². The van der Waals surface area contributed by atoms with Gasteiger partial charge in [0.05, 0.1) is 19.8 Å². The van der Waals surface area contributed by atoms with Crippen molar-refractivity contribution in [1.29, 1.82) is 0 Å². The Morgan fingerprint density at radius 1 is 1.08 bits per heavy atom. The Labute approximate surface area is 164 Å². The van der Waals surface area contributed by atoms with Crippen LogP contribution >= 0.6 is 35.2 Å². The van der Waals surface area contributed by atoms with Crippen LogP contribution in [0.5, 0.6) is 0 Å². The molecule has 136 valence electrons. The molecule has 0 aliphatic carbocycles. The van der Waals surface area contributed by atoms with Gasteiger partial charge in [-0.1, -0.05) is 19.1 Å². The first-order valence-corrected chi connectivity index (χ1v) is 11.3. The highest BCUT2D eigenvalue weighted by atomic mass is 32.2. The fourth-order valence-electron chi connectivity index (χ4n) is 3.14. The highest BCUT2D eigenvalue weighted by Gasteiger charge is 2.17. The van der Waals surface area contributed by atoms with E-state index >= 15 is 0 Å². The van der Waals surface area contributed by atoms with Gasteiger partial charge in [0.1, 0.15) is 0 Å². The topological polar surface area (TPSA) is 18.5 Å². The summed E-state index contributed by atoms with van der Waals surface area (Å²) in [6, 6.07) is 11.1. The predicted octanol–water partition coefficient (Wildman–Crippen LogP) is 5.99. The Morgan fingerprint density at radius 2 is 1.84 bits per heavy atom. The number of thiophene rings is 1. The van der Waals surface area contributed by atoms with Crippen LogP contribution in [0.25, 0.3) is 0 Å². The first-order valence-electron chi connectivity index (χ1n) is 8.92. The molecule has 1 saturated heterocycles. The standard InChI is InChI=1S/C19H27N3S3/c1-4-15-9-8-10-16(19(15)22-13-6-5-7-14-22)20-24-17-11-12-18(23-17)25-21(2)3/h8-12,20H,4-7,13-14H2,1-3H3. The van der Waals surface area contributed by atoms with Crippen molar-refractivity contribution in [1.82, 2.24) is 4.31 Å². The molecule has 2 aromatic rings. The largest absolute Gasteiger partial charge is 0.370 e. The van der Waals surface area contributed by atoms with E-state index in [1.54, 1.807) is 23.9 Å². The fourth-order valence-corrected chi connectivity index (χ4v) is 6.20. The molecular weight excluding hydrogens is 366 g/mol. The van der Waals surface area contributed by atoms with Crippen LogP contribution in [0.3, 0.4) is 0 Å². The van der Waals surface area contributed by atoms with Crippen molar-refractivity contribution in [2.45, 2.75) is 41.0 Å². The van der Waals surface area contributed by atoms with Gasteiger partial charge in [0.25, 0.3) is 0 Å². The number of nitrogens with zero attached hydrogens (tertiary/aromatic N) is 2. The Kier molecular flexibility index (Phi) is 6.99. The molecule has 1 N–H and O–H groups in total. The van der Waals surface area contributed by atoms with Crippen LogP contribution in [0.4, 0.5) is 11.4 Å². The molecule has 0 spiro atoms. The smallest absolute Gasteiger partial charge is 0.0820 e. The minimum Gasteiger partial charge on any atom is -0.370 e. The van der Waals surface area contributed by atoms with Crippen molar-refractivity contribution in [3.63, 3.8) is 0 Å². The van der Waals surface area contributed by atoms with E-state index in [1.165, 1.54) is 57.7 Å². The molecule has 3 nitrogen and oxygen atoms in total. The number of hydrogen-bond donors (Lipinski definition) is 1. The molecule has 1 aromatic heterocycles. The first-order chi connectivity index (χ1) is 12.2. The second-order valence-corrected chi connectivity index (χ2v) is 10.2. The lowest BCUT2D eigenvalue weighted by Crippen LogP contribution is -2.30. The van der Waals surface area contributed by atoms with E-state index in [0.717, 1.165) is 6.42 Å². The zero-order chi connectivity index (χ0) is 17.6. The van der Waals surface area contributed by atoms with Crippen LogP contribution in [0.2, 0.25) is 0 Å². The summed E-state index contributed by atoms with van der Waals surface area (Å²) in [4.78, 5) is 2.58. The molecular formula is C19H27N3S3. The van der Waals surface area contributed by atoms with Crippen molar-refractivity contribution in [3.05, 3.63) is 35.9 Å². The van der Waals surface area contributed by atoms with Gasteiger partial charge in [-0.05, 0) is 87.4 Å². The van der Waals surface area contributed by atoms with Crippen molar-refractivity contribution < 1.29 is 0 Å². The summed E-state index contributed by atoms with van der Waals surface area (Å²) in [6.07, 6.45) is 5.06. The van der Waals surface area contributed by atoms with Gasteiger partial charge in [0.15, 0.2) is 0 Å². The maximum Gasteiger partial charge on any atom is 0.0820 e. The van der Waals surface area contributed by atoms with E-state index in [-0.39, 0.29) is 0 Å². The molecule has 6 heteroatoms. The molecule has 0 bridgehead atoms. The molecule has 0 saturated carbocycles. The maximum absolute atomic E-state index is 3.63. The quantitative estimate of drug-likeness (QED) is 0.581. The summed E-state index contributed by atoms with van der Waals surface area (Å²) in [7, 11) is 4.16. The zero-order valence-corrected chi connectivity index (χ0v) is 17.7. The van der Waals surface area contributed by atoms with E-state index in [9.17, 15) is 0 Å². The maximum atomic E-state index is 3.63. The van der Waals surface area contributed by atoms with Crippen LogP contribution in [0, 0.1) is 0 Å². The third-order valence-electron chi connectivity index (χ3n) is 4.26. The molecule has 25 heavy (non-hydrogen) atoms. The molecule has 0 unspecified atom stereocenters. The van der Waals surface area contributed by atoms with Gasteiger partial charge in [-0.3, -0.25) is 4.31 Å². The lowest BCUT2D eigenvalue weighted by molar-refractivity contribution is 0.577. The Hall–Kier alpha value is -0.820. The van der Waals surface area contributed by atoms with Gasteiger partial charge in [-0.15, -0.1) is 11.3 Å². The lowest BCUT2D eigenvalue weighted by atomic mass is 10.0. The van der Waals surface area contributed by atoms with E-state index in [4.69, 9.17) is 0 Å². The molecule has 1 aromatic carbocycles. The molecule has 1 aliphatic rings. The number of benzene rings is 1. The number of rotatable bonds is 7. The van der Waals surface area contributed by atoms with Gasteiger partial charge < -0.3 is 9.62 Å². The van der Waals surface area contributed by atoms with Crippen molar-refractivity contribution in [2.75, 3.05) is 36.8 Å². The summed E-state index contributed by atoms with van der Waals surface area (Å²) in [5.41, 5.74) is 4.11. The minimum absolute atomic E-state index is 1.08. The van der Waals surface area contributed by atoms with Crippen molar-refractivity contribution in [3.8, 4) is 0 Å². The molecule has 3 rings (SSSR count). The van der Waals surface area contributed by atoms with Crippen LogP contribution in [0.15, 0.2) is 38.8 Å². The first kappa shape index (κ1) is 19.0. The molecule has 1 aliphatic heterocycles. The lowest BCUT2D eigenvalue weighted by Gasteiger charge is -2.32. The normalized spacial score (nSPS) is 15.0. The van der Waals surface area contributed by atoms with E-state index in [2.05, 4.69) is 65.3 Å². The SMILES string of the molecule is CCc1cccc(NSc2ccc(SN(C)C)s2)c1N1CCCCC1. The fraction of sp³-hybridized carbons (Fsp3) is 0.474. The number of para-hydroxylation sites is 1. The Morgan fingerprint density at radius 3 is 2.56 bits per heavy atom. The number of aryl methyl sites for hydroxylation is 1. The van der Waals surface area contributed by atoms with Crippen LogP contribution in [-0.2, 0) is 6.42 Å². The molecule has 0 atom stereocenters.